The molecule has 2 aromatic rings. The lowest BCUT2D eigenvalue weighted by Crippen LogP contribution is -2.00. The predicted molar refractivity (Wildman–Crippen MR) is 45.8 cm³/mol. The number of rotatable bonds is 2. The zero-order valence-electron chi connectivity index (χ0n) is 6.77. The summed E-state index contributed by atoms with van der Waals surface area (Å²) in [5, 5.41) is 16.0. The second kappa shape index (κ2) is 2.95. The molecule has 13 heavy (non-hydrogen) atoms. The highest BCUT2D eigenvalue weighted by Gasteiger charge is 2.15. The third-order valence-corrected chi connectivity index (χ3v) is 1.85. The van der Waals surface area contributed by atoms with Crippen molar-refractivity contribution >= 4 is 5.82 Å². The Bertz CT molecular complexity index is 380. The molecule has 68 valence electrons. The van der Waals surface area contributed by atoms with Crippen LogP contribution >= 0.6 is 0 Å². The van der Waals surface area contributed by atoms with E-state index in [-0.39, 0.29) is 0 Å². The third kappa shape index (κ3) is 1.29. The monoisotopic (exact) mass is 179 g/mol. The number of furan rings is 1. The summed E-state index contributed by atoms with van der Waals surface area (Å²) in [5.41, 5.74) is 6.76. The Hall–Kier alpha value is -1.75. The molecule has 2 rings (SSSR count). The Labute approximate surface area is 74.2 Å². The molecule has 0 fully saturated rings. The van der Waals surface area contributed by atoms with E-state index in [1.54, 1.807) is 6.07 Å². The predicted octanol–water partition coefficient (Wildman–Crippen LogP) is 0.667. The standard InChI is InChI=1S/C8H9N3O2/c9-8-6(3-10-11-8)7(12)5-1-2-13-4-5/h1-4,7,12H,(H3,9,10,11). The highest BCUT2D eigenvalue weighted by Crippen LogP contribution is 2.24. The van der Waals surface area contributed by atoms with Gasteiger partial charge in [-0.2, -0.15) is 5.10 Å². The smallest absolute Gasteiger partial charge is 0.125 e. The van der Waals surface area contributed by atoms with Gasteiger partial charge in [0.2, 0.25) is 0 Å². The number of anilines is 1. The van der Waals surface area contributed by atoms with Crippen molar-refractivity contribution in [3.8, 4) is 0 Å². The Morgan fingerprint density at radius 3 is 3.00 bits per heavy atom. The number of aliphatic hydroxyl groups excluding tert-OH is 1. The minimum atomic E-state index is -0.780. The number of nitrogen functional groups attached to an aromatic ring is 1. The summed E-state index contributed by atoms with van der Waals surface area (Å²) in [5.74, 6) is 0.369. The van der Waals surface area contributed by atoms with Gasteiger partial charge in [0.1, 0.15) is 11.9 Å². The molecule has 0 bridgehead atoms. The minimum Gasteiger partial charge on any atom is -0.472 e. The van der Waals surface area contributed by atoms with Gasteiger partial charge in [-0.15, -0.1) is 0 Å². The molecule has 0 aliphatic rings. The van der Waals surface area contributed by atoms with E-state index in [1.807, 2.05) is 0 Å². The van der Waals surface area contributed by atoms with E-state index in [2.05, 4.69) is 10.2 Å². The van der Waals surface area contributed by atoms with E-state index >= 15 is 0 Å². The average Bonchev–Trinajstić information content (AvgIpc) is 2.72. The van der Waals surface area contributed by atoms with E-state index in [0.29, 0.717) is 16.9 Å². The number of nitrogens with two attached hydrogens (primary N) is 1. The zero-order chi connectivity index (χ0) is 9.26. The van der Waals surface area contributed by atoms with E-state index in [9.17, 15) is 5.11 Å². The first kappa shape index (κ1) is 7.88. The zero-order valence-corrected chi connectivity index (χ0v) is 6.77. The SMILES string of the molecule is Nc1[nH]ncc1C(O)c1ccoc1. The maximum atomic E-state index is 9.75. The molecule has 0 aliphatic heterocycles. The van der Waals surface area contributed by atoms with Crippen LogP contribution in [0.25, 0.3) is 0 Å². The molecule has 1 atom stereocenters. The lowest BCUT2D eigenvalue weighted by Gasteiger charge is -2.05. The molecule has 0 amide bonds. The normalized spacial score (nSPS) is 13.0. The maximum absolute atomic E-state index is 9.75. The molecule has 0 radical (unpaired) electrons. The molecular formula is C8H9N3O2. The van der Waals surface area contributed by atoms with Crippen LogP contribution in [-0.4, -0.2) is 15.3 Å². The van der Waals surface area contributed by atoms with Crippen LogP contribution < -0.4 is 5.73 Å². The van der Waals surface area contributed by atoms with Crippen molar-refractivity contribution in [3.63, 3.8) is 0 Å². The van der Waals surface area contributed by atoms with Gasteiger partial charge in [-0.1, -0.05) is 0 Å². The van der Waals surface area contributed by atoms with Crippen LogP contribution in [0.15, 0.2) is 29.2 Å². The number of nitrogens with zero attached hydrogens (tertiary/aromatic N) is 1. The number of hydrogen-bond donors (Lipinski definition) is 3. The molecule has 0 spiro atoms. The number of aromatic amines is 1. The minimum absolute atomic E-state index is 0.369. The van der Waals surface area contributed by atoms with Crippen molar-refractivity contribution < 1.29 is 9.52 Å². The van der Waals surface area contributed by atoms with Gasteiger partial charge in [0.05, 0.1) is 18.7 Å². The number of hydrogen-bond acceptors (Lipinski definition) is 4. The molecule has 0 aromatic carbocycles. The molecular weight excluding hydrogens is 170 g/mol. The fraction of sp³-hybridized carbons (Fsp3) is 0.125. The largest absolute Gasteiger partial charge is 0.472 e. The summed E-state index contributed by atoms with van der Waals surface area (Å²) in [6.07, 6.45) is 3.68. The van der Waals surface area contributed by atoms with Crippen molar-refractivity contribution in [2.45, 2.75) is 6.10 Å². The molecule has 0 aliphatic carbocycles. The Morgan fingerprint density at radius 1 is 1.62 bits per heavy atom. The van der Waals surface area contributed by atoms with Crippen molar-refractivity contribution in [2.24, 2.45) is 0 Å². The van der Waals surface area contributed by atoms with Gasteiger partial charge in [0.25, 0.3) is 0 Å². The maximum Gasteiger partial charge on any atom is 0.125 e. The Kier molecular flexibility index (Phi) is 1.79. The van der Waals surface area contributed by atoms with Crippen LogP contribution in [0.3, 0.4) is 0 Å². The third-order valence-electron chi connectivity index (χ3n) is 1.85. The average molecular weight is 179 g/mol. The van der Waals surface area contributed by atoms with Crippen LogP contribution in [0.2, 0.25) is 0 Å². The molecule has 0 saturated heterocycles. The first-order valence-corrected chi connectivity index (χ1v) is 3.78. The van der Waals surface area contributed by atoms with Gasteiger partial charge in [-0.05, 0) is 6.07 Å². The highest BCUT2D eigenvalue weighted by molar-refractivity contribution is 5.42. The molecule has 5 nitrogen and oxygen atoms in total. The fourth-order valence-corrected chi connectivity index (χ4v) is 1.13. The van der Waals surface area contributed by atoms with Crippen molar-refractivity contribution in [3.05, 3.63) is 35.9 Å². The number of nitrogens with one attached hydrogen (secondary N) is 1. The first-order chi connectivity index (χ1) is 6.29. The highest BCUT2D eigenvalue weighted by atomic mass is 16.3. The summed E-state index contributed by atoms with van der Waals surface area (Å²) in [6, 6.07) is 1.68. The molecule has 2 heterocycles. The summed E-state index contributed by atoms with van der Waals surface area (Å²) in [4.78, 5) is 0. The summed E-state index contributed by atoms with van der Waals surface area (Å²) in [6.45, 7) is 0. The second-order valence-corrected chi connectivity index (χ2v) is 2.70. The number of aliphatic hydroxyl groups is 1. The van der Waals surface area contributed by atoms with Gasteiger partial charge in [0, 0.05) is 11.1 Å². The lowest BCUT2D eigenvalue weighted by molar-refractivity contribution is 0.220. The van der Waals surface area contributed by atoms with Gasteiger partial charge >= 0.3 is 0 Å². The lowest BCUT2D eigenvalue weighted by atomic mass is 10.1. The van der Waals surface area contributed by atoms with E-state index in [4.69, 9.17) is 10.2 Å². The molecule has 1 unspecified atom stereocenters. The van der Waals surface area contributed by atoms with E-state index in [0.717, 1.165) is 0 Å². The second-order valence-electron chi connectivity index (χ2n) is 2.70. The quantitative estimate of drug-likeness (QED) is 0.632. The summed E-state index contributed by atoms with van der Waals surface area (Å²) < 4.78 is 4.84. The van der Waals surface area contributed by atoms with Gasteiger partial charge < -0.3 is 15.3 Å². The van der Waals surface area contributed by atoms with Crippen LogP contribution in [-0.2, 0) is 0 Å². The van der Waals surface area contributed by atoms with Crippen LogP contribution in [0, 0.1) is 0 Å². The first-order valence-electron chi connectivity index (χ1n) is 3.78. The van der Waals surface area contributed by atoms with Gasteiger partial charge in [-0.3, -0.25) is 5.10 Å². The van der Waals surface area contributed by atoms with Crippen molar-refractivity contribution in [2.75, 3.05) is 5.73 Å². The van der Waals surface area contributed by atoms with Crippen LogP contribution in [0.4, 0.5) is 5.82 Å². The van der Waals surface area contributed by atoms with Gasteiger partial charge in [-0.25, -0.2) is 0 Å². The van der Waals surface area contributed by atoms with Crippen molar-refractivity contribution in [1.29, 1.82) is 0 Å². The van der Waals surface area contributed by atoms with Crippen molar-refractivity contribution in [1.82, 2.24) is 10.2 Å². The summed E-state index contributed by atoms with van der Waals surface area (Å²) in [7, 11) is 0. The fourth-order valence-electron chi connectivity index (χ4n) is 1.13. The number of aromatic nitrogens is 2. The van der Waals surface area contributed by atoms with Gasteiger partial charge in [0.15, 0.2) is 0 Å². The van der Waals surface area contributed by atoms with Crippen LogP contribution in [0.5, 0.6) is 0 Å². The number of H-pyrrole nitrogens is 1. The Balaban J connectivity index is 2.33. The molecule has 2 aromatic heterocycles. The molecule has 4 N–H and O–H groups in total. The van der Waals surface area contributed by atoms with E-state index in [1.165, 1.54) is 18.7 Å². The Morgan fingerprint density at radius 2 is 2.46 bits per heavy atom. The molecule has 0 saturated carbocycles. The summed E-state index contributed by atoms with van der Waals surface area (Å²) >= 11 is 0. The van der Waals surface area contributed by atoms with Crippen LogP contribution in [0.1, 0.15) is 17.2 Å². The van der Waals surface area contributed by atoms with E-state index < -0.39 is 6.10 Å². The topological polar surface area (TPSA) is 88.1 Å². The molecule has 5 heteroatoms.